The molecule has 0 bridgehead atoms. The molecule has 1 aromatic heterocycles. The van der Waals surface area contributed by atoms with Gasteiger partial charge >= 0.3 is 6.18 Å². The molecule has 130 valence electrons. The van der Waals surface area contributed by atoms with Gasteiger partial charge in [0.05, 0.1) is 24.8 Å². The van der Waals surface area contributed by atoms with Crippen LogP contribution in [0.25, 0.3) is 0 Å². The molecule has 1 saturated heterocycles. The highest BCUT2D eigenvalue weighted by molar-refractivity contribution is 5.38. The van der Waals surface area contributed by atoms with Crippen molar-refractivity contribution in [2.75, 3.05) is 13.2 Å². The number of nitrogens with zero attached hydrogens (tertiary/aromatic N) is 2. The van der Waals surface area contributed by atoms with Crippen molar-refractivity contribution in [1.82, 2.24) is 9.78 Å². The Bertz CT molecular complexity index is 626. The van der Waals surface area contributed by atoms with Gasteiger partial charge in [0.2, 0.25) is 0 Å². The third-order valence-corrected chi connectivity index (χ3v) is 3.90. The summed E-state index contributed by atoms with van der Waals surface area (Å²) in [4.78, 5) is 0. The SMILES string of the molecule is OC1c2c(C(F)(F)F)nn([C@@H]3COCC(F)(F)C3)c2CC1(F)F. The van der Waals surface area contributed by atoms with Gasteiger partial charge in [-0.05, 0) is 0 Å². The molecule has 2 heterocycles. The first kappa shape index (κ1) is 16.5. The summed E-state index contributed by atoms with van der Waals surface area (Å²) in [6, 6.07) is -1.32. The first-order chi connectivity index (χ1) is 10.4. The van der Waals surface area contributed by atoms with Gasteiger partial charge in [-0.1, -0.05) is 0 Å². The van der Waals surface area contributed by atoms with E-state index < -0.39 is 66.6 Å². The van der Waals surface area contributed by atoms with Gasteiger partial charge in [0.1, 0.15) is 12.7 Å². The third kappa shape index (κ3) is 2.69. The van der Waals surface area contributed by atoms with Crippen LogP contribution >= 0.6 is 0 Å². The number of fused-ring (bicyclic) bond motifs is 1. The van der Waals surface area contributed by atoms with E-state index >= 15 is 0 Å². The Morgan fingerprint density at radius 1 is 1.22 bits per heavy atom. The van der Waals surface area contributed by atoms with Crippen LogP contribution in [0.4, 0.5) is 30.7 Å². The number of aromatic nitrogens is 2. The van der Waals surface area contributed by atoms with Crippen LogP contribution in [0, 0.1) is 0 Å². The van der Waals surface area contributed by atoms with Crippen molar-refractivity contribution in [2.45, 2.75) is 43.0 Å². The summed E-state index contributed by atoms with van der Waals surface area (Å²) in [7, 11) is 0. The van der Waals surface area contributed by atoms with Crippen molar-refractivity contribution in [1.29, 1.82) is 0 Å². The van der Waals surface area contributed by atoms with Crippen LogP contribution in [0.1, 0.15) is 35.5 Å². The molecule has 0 saturated carbocycles. The number of hydrogen-bond donors (Lipinski definition) is 1. The average molecular weight is 348 g/mol. The Hall–Kier alpha value is -1.36. The van der Waals surface area contributed by atoms with E-state index in [4.69, 9.17) is 0 Å². The van der Waals surface area contributed by atoms with Gasteiger partial charge < -0.3 is 9.84 Å². The van der Waals surface area contributed by atoms with E-state index in [0.29, 0.717) is 4.68 Å². The lowest BCUT2D eigenvalue weighted by Crippen LogP contribution is -2.37. The fraction of sp³-hybridized carbons (Fsp3) is 0.750. The van der Waals surface area contributed by atoms with Crippen molar-refractivity contribution in [3.63, 3.8) is 0 Å². The second-order valence-corrected chi connectivity index (χ2v) is 5.72. The van der Waals surface area contributed by atoms with Crippen molar-refractivity contribution < 1.29 is 40.6 Å². The van der Waals surface area contributed by atoms with Gasteiger partial charge in [0.15, 0.2) is 5.69 Å². The van der Waals surface area contributed by atoms with Crippen LogP contribution in [-0.4, -0.2) is 39.9 Å². The standard InChI is InChI=1S/C12H11F7N2O2/c13-10(14)1-5(3-23-4-10)21-6-2-11(15,16)9(22)7(6)8(20-21)12(17,18)19/h5,9,22H,1-4H2/t5-,9?/m0/s1. The molecule has 1 aromatic rings. The predicted molar refractivity (Wildman–Crippen MR) is 60.3 cm³/mol. The van der Waals surface area contributed by atoms with Crippen LogP contribution in [0.15, 0.2) is 0 Å². The molecule has 0 aromatic carbocycles. The van der Waals surface area contributed by atoms with Crippen molar-refractivity contribution in [2.24, 2.45) is 0 Å². The molecule has 1 N–H and O–H groups in total. The molecule has 3 rings (SSSR count). The molecule has 2 atom stereocenters. The molecular weight excluding hydrogens is 337 g/mol. The smallest absolute Gasteiger partial charge is 0.382 e. The van der Waals surface area contributed by atoms with Crippen LogP contribution < -0.4 is 0 Å². The monoisotopic (exact) mass is 348 g/mol. The molecule has 1 aliphatic heterocycles. The van der Waals surface area contributed by atoms with Crippen molar-refractivity contribution >= 4 is 0 Å². The number of hydrogen-bond acceptors (Lipinski definition) is 3. The summed E-state index contributed by atoms with van der Waals surface area (Å²) in [5.74, 6) is -7.10. The van der Waals surface area contributed by atoms with Crippen molar-refractivity contribution in [3.05, 3.63) is 17.0 Å². The first-order valence-electron chi connectivity index (χ1n) is 6.62. The summed E-state index contributed by atoms with van der Waals surface area (Å²) < 4.78 is 98.1. The largest absolute Gasteiger partial charge is 0.435 e. The van der Waals surface area contributed by atoms with Gasteiger partial charge in [-0.2, -0.15) is 18.3 Å². The molecular formula is C12H11F7N2O2. The number of aliphatic hydroxyl groups excluding tert-OH is 1. The number of aliphatic hydroxyl groups is 1. The Morgan fingerprint density at radius 3 is 2.43 bits per heavy atom. The van der Waals surface area contributed by atoms with E-state index in [9.17, 15) is 35.8 Å². The van der Waals surface area contributed by atoms with E-state index in [2.05, 4.69) is 9.84 Å². The Labute approximate surface area is 124 Å². The van der Waals surface area contributed by atoms with E-state index in [0.717, 1.165) is 0 Å². The number of ether oxygens (including phenoxy) is 1. The van der Waals surface area contributed by atoms with Crippen LogP contribution in [0.2, 0.25) is 0 Å². The molecule has 4 nitrogen and oxygen atoms in total. The van der Waals surface area contributed by atoms with Crippen LogP contribution in [0.3, 0.4) is 0 Å². The molecule has 0 radical (unpaired) electrons. The maximum atomic E-state index is 13.6. The normalized spacial score (nSPS) is 29.6. The maximum Gasteiger partial charge on any atom is 0.435 e. The number of halogens is 7. The Balaban J connectivity index is 2.08. The highest BCUT2D eigenvalue weighted by atomic mass is 19.4. The minimum absolute atomic E-state index is 0.372. The third-order valence-electron chi connectivity index (χ3n) is 3.90. The van der Waals surface area contributed by atoms with Gasteiger partial charge in [-0.25, -0.2) is 17.6 Å². The summed E-state index contributed by atoms with van der Waals surface area (Å²) in [5.41, 5.74) is -3.30. The zero-order valence-corrected chi connectivity index (χ0v) is 11.4. The summed E-state index contributed by atoms with van der Waals surface area (Å²) in [6.45, 7) is -1.26. The number of rotatable bonds is 1. The fourth-order valence-corrected chi connectivity index (χ4v) is 2.95. The zero-order valence-electron chi connectivity index (χ0n) is 11.4. The molecule has 2 aliphatic rings. The van der Waals surface area contributed by atoms with Gasteiger partial charge in [0.25, 0.3) is 11.8 Å². The fourth-order valence-electron chi connectivity index (χ4n) is 2.95. The highest BCUT2D eigenvalue weighted by Crippen LogP contribution is 2.49. The molecule has 11 heteroatoms. The first-order valence-corrected chi connectivity index (χ1v) is 6.62. The summed E-state index contributed by atoms with van der Waals surface area (Å²) in [6.07, 6.45) is -9.84. The molecule has 1 fully saturated rings. The van der Waals surface area contributed by atoms with Gasteiger partial charge in [-0.3, -0.25) is 4.68 Å². The minimum Gasteiger partial charge on any atom is -0.382 e. The molecule has 1 unspecified atom stereocenters. The van der Waals surface area contributed by atoms with E-state index in [1.54, 1.807) is 0 Å². The van der Waals surface area contributed by atoms with Gasteiger partial charge in [-0.15, -0.1) is 0 Å². The number of alkyl halides is 7. The molecule has 0 amide bonds. The Morgan fingerprint density at radius 2 is 1.87 bits per heavy atom. The summed E-state index contributed by atoms with van der Waals surface area (Å²) >= 11 is 0. The Kier molecular flexibility index (Phi) is 3.46. The molecule has 23 heavy (non-hydrogen) atoms. The van der Waals surface area contributed by atoms with E-state index in [-0.39, 0.29) is 6.61 Å². The molecule has 1 aliphatic carbocycles. The van der Waals surface area contributed by atoms with E-state index in [1.165, 1.54) is 0 Å². The highest BCUT2D eigenvalue weighted by Gasteiger charge is 2.55. The van der Waals surface area contributed by atoms with Crippen molar-refractivity contribution in [3.8, 4) is 0 Å². The second-order valence-electron chi connectivity index (χ2n) is 5.72. The lowest BCUT2D eigenvalue weighted by atomic mass is 10.1. The maximum absolute atomic E-state index is 13.6. The van der Waals surface area contributed by atoms with Crippen LogP contribution in [0.5, 0.6) is 0 Å². The summed E-state index contributed by atoms with van der Waals surface area (Å²) in [5, 5.41) is 12.7. The lowest BCUT2D eigenvalue weighted by molar-refractivity contribution is -0.148. The lowest BCUT2D eigenvalue weighted by Gasteiger charge is -2.30. The van der Waals surface area contributed by atoms with Gasteiger partial charge in [0, 0.05) is 12.0 Å². The second kappa shape index (κ2) is 4.82. The zero-order chi connectivity index (χ0) is 17.2. The predicted octanol–water partition coefficient (Wildman–Crippen LogP) is 2.72. The topological polar surface area (TPSA) is 47.3 Å². The molecule has 0 spiro atoms. The minimum atomic E-state index is -5.09. The quantitative estimate of drug-likeness (QED) is 0.794. The van der Waals surface area contributed by atoms with E-state index in [1.807, 2.05) is 0 Å². The van der Waals surface area contributed by atoms with Crippen LogP contribution in [-0.2, 0) is 17.3 Å². The average Bonchev–Trinajstić information content (AvgIpc) is 2.84.